The smallest absolute Gasteiger partial charge is 0.267 e. The number of carbonyl (C=O) groups is 1. The molecule has 3 atom stereocenters. The monoisotopic (exact) mass is 665 g/mol. The molecule has 2 unspecified atom stereocenters. The first-order valence-electron chi connectivity index (χ1n) is 17.9. The predicted molar refractivity (Wildman–Crippen MR) is 192 cm³/mol. The van der Waals surface area contributed by atoms with Gasteiger partial charge in [-0.25, -0.2) is 0 Å². The lowest BCUT2D eigenvalue weighted by Crippen LogP contribution is -2.35. The summed E-state index contributed by atoms with van der Waals surface area (Å²) in [5, 5.41) is 26.5. The summed E-state index contributed by atoms with van der Waals surface area (Å²) in [5.74, 6) is 2.11. The number of benzene rings is 2. The van der Waals surface area contributed by atoms with Crippen LogP contribution in [-0.4, -0.2) is 46.9 Å². The fourth-order valence-electron chi connectivity index (χ4n) is 6.54. The number of ether oxygens (including phenoxy) is 2. The van der Waals surface area contributed by atoms with E-state index in [0.717, 1.165) is 78.5 Å². The molecule has 0 spiro atoms. The summed E-state index contributed by atoms with van der Waals surface area (Å²) in [5.41, 5.74) is 6.47. The molecule has 49 heavy (non-hydrogen) atoms. The summed E-state index contributed by atoms with van der Waals surface area (Å²) in [4.78, 5) is 17.2. The number of phenols is 1. The minimum Gasteiger partial charge on any atom is -0.508 e. The Kier molecular flexibility index (Phi) is 11.1. The Morgan fingerprint density at radius 2 is 1.86 bits per heavy atom. The first-order valence-corrected chi connectivity index (χ1v) is 17.9. The van der Waals surface area contributed by atoms with Crippen molar-refractivity contribution in [2.45, 2.75) is 84.0 Å². The van der Waals surface area contributed by atoms with Gasteiger partial charge in [0.2, 0.25) is 0 Å². The fraction of sp³-hybridized carbons (Fsp3) is 0.463. The Hall–Kier alpha value is -4.14. The van der Waals surface area contributed by atoms with Crippen molar-refractivity contribution in [1.29, 1.82) is 0 Å². The van der Waals surface area contributed by atoms with Crippen molar-refractivity contribution in [3.05, 3.63) is 101 Å². The van der Waals surface area contributed by atoms with E-state index in [1.165, 1.54) is 5.57 Å². The molecule has 2 aliphatic carbocycles. The number of hydrogen-bond donors (Lipinski definition) is 4. The van der Waals surface area contributed by atoms with Crippen molar-refractivity contribution in [3.63, 3.8) is 0 Å². The van der Waals surface area contributed by atoms with Crippen molar-refractivity contribution in [3.8, 4) is 22.6 Å². The van der Waals surface area contributed by atoms with Gasteiger partial charge < -0.3 is 30.3 Å². The van der Waals surface area contributed by atoms with Crippen molar-refractivity contribution >= 4 is 5.91 Å². The van der Waals surface area contributed by atoms with E-state index in [4.69, 9.17) is 9.47 Å². The molecule has 2 heterocycles. The van der Waals surface area contributed by atoms with E-state index in [-0.39, 0.29) is 24.2 Å². The summed E-state index contributed by atoms with van der Waals surface area (Å²) >= 11 is 0. The van der Waals surface area contributed by atoms with Crippen LogP contribution in [-0.2, 0) is 28.2 Å². The van der Waals surface area contributed by atoms with Gasteiger partial charge in [-0.1, -0.05) is 56.7 Å². The van der Waals surface area contributed by atoms with Crippen molar-refractivity contribution in [2.24, 2.45) is 17.8 Å². The molecule has 0 saturated heterocycles. The number of hydrogen-bond acceptors (Lipinski definition) is 7. The number of aliphatic hydroxyl groups excluding tert-OH is 1. The predicted octanol–water partition coefficient (Wildman–Crippen LogP) is 6.95. The molecule has 8 nitrogen and oxygen atoms in total. The van der Waals surface area contributed by atoms with Gasteiger partial charge in [0, 0.05) is 48.8 Å². The normalized spacial score (nSPS) is 18.4. The van der Waals surface area contributed by atoms with Crippen LogP contribution in [0.1, 0.15) is 76.0 Å². The second-order valence-corrected chi connectivity index (χ2v) is 14.3. The molecular formula is C41H51N3O5. The van der Waals surface area contributed by atoms with E-state index in [9.17, 15) is 15.0 Å². The van der Waals surface area contributed by atoms with Crippen molar-refractivity contribution < 1.29 is 24.5 Å². The zero-order valence-corrected chi connectivity index (χ0v) is 29.1. The first kappa shape index (κ1) is 34.7. The number of dihydropyridines is 1. The third-order valence-electron chi connectivity index (χ3n) is 10.6. The summed E-state index contributed by atoms with van der Waals surface area (Å²) in [6.07, 6.45) is 14.5. The number of para-hydroxylation sites is 1. The van der Waals surface area contributed by atoms with Gasteiger partial charge in [-0.15, -0.1) is 0 Å². The van der Waals surface area contributed by atoms with Gasteiger partial charge in [0.25, 0.3) is 5.91 Å². The number of pyridine rings is 1. The van der Waals surface area contributed by atoms with Crippen LogP contribution in [0.4, 0.5) is 0 Å². The van der Waals surface area contributed by atoms with Crippen LogP contribution in [0.5, 0.6) is 11.5 Å². The Labute approximate surface area is 290 Å². The molecule has 2 aromatic carbocycles. The molecule has 1 aromatic heterocycles. The Morgan fingerprint density at radius 1 is 1.04 bits per heavy atom. The van der Waals surface area contributed by atoms with Crippen LogP contribution in [0.2, 0.25) is 0 Å². The van der Waals surface area contributed by atoms with Crippen LogP contribution >= 0.6 is 0 Å². The highest BCUT2D eigenvalue weighted by molar-refractivity contribution is 5.93. The summed E-state index contributed by atoms with van der Waals surface area (Å²) in [6.45, 7) is 8.12. The number of nitrogens with zero attached hydrogens (tertiary/aromatic N) is 1. The van der Waals surface area contributed by atoms with Crippen molar-refractivity contribution in [1.82, 2.24) is 15.6 Å². The van der Waals surface area contributed by atoms with E-state index in [1.807, 2.05) is 54.9 Å². The Bertz CT molecular complexity index is 1680. The number of aromatic hydroxyl groups is 1. The Morgan fingerprint density at radius 3 is 2.59 bits per heavy atom. The van der Waals surface area contributed by atoms with Crippen LogP contribution in [0, 0.1) is 17.8 Å². The molecule has 0 radical (unpaired) electrons. The highest BCUT2D eigenvalue weighted by Crippen LogP contribution is 2.53. The molecule has 2 saturated carbocycles. The number of aromatic nitrogens is 1. The maximum Gasteiger partial charge on any atom is 0.267 e. The molecule has 260 valence electrons. The average Bonchev–Trinajstić information content (AvgIpc) is 4.08. The lowest BCUT2D eigenvalue weighted by molar-refractivity contribution is -0.117. The SMILES string of the molecule is CC(CCNC(=O)C1=CC=C(CCc2ccc(O)c(COC3(c4cnccc4-c4ccccc4OC4CC4)CC3)c2)CN1)C(C)[C@H](C)CO. The zero-order valence-electron chi connectivity index (χ0n) is 29.1. The van der Waals surface area contributed by atoms with E-state index >= 15 is 0 Å². The van der Waals surface area contributed by atoms with Gasteiger partial charge in [-0.3, -0.25) is 9.78 Å². The summed E-state index contributed by atoms with van der Waals surface area (Å²) in [7, 11) is 0. The number of allylic oxidation sites excluding steroid dienone is 2. The maximum atomic E-state index is 12.7. The van der Waals surface area contributed by atoms with Crippen LogP contribution < -0.4 is 15.4 Å². The highest BCUT2D eigenvalue weighted by atomic mass is 16.5. The van der Waals surface area contributed by atoms with Gasteiger partial charge in [-0.2, -0.15) is 0 Å². The van der Waals surface area contributed by atoms with Crippen LogP contribution in [0.15, 0.2) is 84.3 Å². The van der Waals surface area contributed by atoms with E-state index in [1.54, 1.807) is 6.07 Å². The van der Waals surface area contributed by atoms with E-state index in [2.05, 4.69) is 48.5 Å². The third kappa shape index (κ3) is 8.72. The van der Waals surface area contributed by atoms with E-state index in [0.29, 0.717) is 43.3 Å². The number of amides is 1. The lowest BCUT2D eigenvalue weighted by Gasteiger charge is -2.25. The quantitative estimate of drug-likeness (QED) is 0.123. The van der Waals surface area contributed by atoms with Gasteiger partial charge in [0.15, 0.2) is 0 Å². The minimum atomic E-state index is -0.442. The van der Waals surface area contributed by atoms with Crippen molar-refractivity contribution in [2.75, 3.05) is 19.7 Å². The standard InChI is InChI=1S/C41H51N3O5/c1-27(29(3)28(2)25-45)16-21-43-40(47)37-14-10-31(23-44-37)9-8-30-11-15-38(46)32(22-30)26-48-41(18-19-41)36-24-42-20-17-34(36)35-6-4-5-7-39(35)49-33-12-13-33/h4-7,10-11,14-15,17,20,22,24,27-29,33,44-46H,8-9,12-13,16,18-19,21,23,25-26H2,1-3H3,(H,43,47)/t27?,28-,29?/m1/s1. The molecule has 4 N–H and O–H groups in total. The lowest BCUT2D eigenvalue weighted by atomic mass is 9.83. The fourth-order valence-corrected chi connectivity index (χ4v) is 6.54. The molecule has 0 bridgehead atoms. The highest BCUT2D eigenvalue weighted by Gasteiger charge is 2.48. The number of rotatable bonds is 17. The third-order valence-corrected chi connectivity index (χ3v) is 10.6. The van der Waals surface area contributed by atoms with Gasteiger partial charge in [-0.05, 0) is 104 Å². The van der Waals surface area contributed by atoms with Gasteiger partial charge in [0.1, 0.15) is 17.2 Å². The molecule has 1 amide bonds. The first-order chi connectivity index (χ1) is 23.8. The Balaban J connectivity index is 1.03. The average molecular weight is 666 g/mol. The molecule has 1 aliphatic heterocycles. The van der Waals surface area contributed by atoms with Gasteiger partial charge in [0.05, 0.1) is 18.3 Å². The number of phenolic OH excluding ortho intramolecular Hbond substituents is 1. The molecular weight excluding hydrogens is 614 g/mol. The number of nitrogens with one attached hydrogen (secondary N) is 2. The topological polar surface area (TPSA) is 113 Å². The number of aliphatic hydroxyl groups is 1. The largest absolute Gasteiger partial charge is 0.508 e. The molecule has 3 aliphatic rings. The molecule has 8 heteroatoms. The molecule has 2 fully saturated rings. The second kappa shape index (κ2) is 15.6. The summed E-state index contributed by atoms with van der Waals surface area (Å²) in [6, 6.07) is 16.0. The van der Waals surface area contributed by atoms with E-state index < -0.39 is 5.60 Å². The van der Waals surface area contributed by atoms with Gasteiger partial charge >= 0.3 is 0 Å². The number of carbonyl (C=O) groups excluding carboxylic acids is 1. The maximum absolute atomic E-state index is 12.7. The zero-order chi connectivity index (χ0) is 34.4. The molecule has 6 rings (SSSR count). The van der Waals surface area contributed by atoms with Crippen LogP contribution in [0.3, 0.4) is 0 Å². The minimum absolute atomic E-state index is 0.0869. The summed E-state index contributed by atoms with van der Waals surface area (Å²) < 4.78 is 12.9. The second-order valence-electron chi connectivity index (χ2n) is 14.3. The molecule has 3 aromatic rings. The van der Waals surface area contributed by atoms with Crippen LogP contribution in [0.25, 0.3) is 11.1 Å². The number of aryl methyl sites for hydroxylation is 1.